The maximum Gasteiger partial charge on any atom is 0.153 e. The molecule has 1 aromatic heterocycles. The minimum atomic E-state index is 0.509. The van der Waals surface area contributed by atoms with Crippen LogP contribution in [0.3, 0.4) is 0 Å². The Kier molecular flexibility index (Phi) is 2.87. The van der Waals surface area contributed by atoms with Crippen LogP contribution in [0.15, 0.2) is 22.7 Å². The van der Waals surface area contributed by atoms with Crippen LogP contribution in [0.25, 0.3) is 11.1 Å². The van der Waals surface area contributed by atoms with Crippen LogP contribution >= 0.6 is 15.9 Å². The van der Waals surface area contributed by atoms with Crippen LogP contribution in [0, 0.1) is 6.92 Å². The van der Waals surface area contributed by atoms with Crippen molar-refractivity contribution >= 4 is 21.7 Å². The van der Waals surface area contributed by atoms with Gasteiger partial charge in [-0.25, -0.2) is 0 Å². The Hall–Kier alpha value is -1.49. The maximum atomic E-state index is 5.81. The molecule has 0 unspecified atom stereocenters. The van der Waals surface area contributed by atoms with Gasteiger partial charge < -0.3 is 10.5 Å². The molecule has 0 saturated heterocycles. The molecule has 0 bridgehead atoms. The van der Waals surface area contributed by atoms with Crippen molar-refractivity contribution in [2.75, 3.05) is 12.8 Å². The third-order valence-corrected chi connectivity index (χ3v) is 3.04. The quantitative estimate of drug-likeness (QED) is 0.890. The molecule has 0 atom stereocenters. The molecule has 1 aromatic carbocycles. The largest absolute Gasteiger partial charge is 0.496 e. The zero-order valence-electron chi connectivity index (χ0n) is 9.04. The molecule has 2 rings (SSSR count). The number of aryl methyl sites for hydroxylation is 1. The lowest BCUT2D eigenvalue weighted by Gasteiger charge is -2.06. The van der Waals surface area contributed by atoms with Gasteiger partial charge in [0, 0.05) is 11.3 Å². The zero-order chi connectivity index (χ0) is 11.7. The van der Waals surface area contributed by atoms with Crippen molar-refractivity contribution in [1.82, 2.24) is 10.2 Å². The maximum absolute atomic E-state index is 5.81. The summed E-state index contributed by atoms with van der Waals surface area (Å²) >= 11 is 3.45. The molecule has 0 saturated carbocycles. The molecule has 0 spiro atoms. The molecule has 84 valence electrons. The molecule has 0 aliphatic carbocycles. The van der Waals surface area contributed by atoms with Gasteiger partial charge in [0.2, 0.25) is 0 Å². The van der Waals surface area contributed by atoms with Crippen molar-refractivity contribution in [1.29, 1.82) is 0 Å². The van der Waals surface area contributed by atoms with Gasteiger partial charge in [-0.3, -0.25) is 5.10 Å². The van der Waals surface area contributed by atoms with Gasteiger partial charge >= 0.3 is 0 Å². The van der Waals surface area contributed by atoms with E-state index in [4.69, 9.17) is 10.5 Å². The van der Waals surface area contributed by atoms with Crippen molar-refractivity contribution in [2.24, 2.45) is 0 Å². The summed E-state index contributed by atoms with van der Waals surface area (Å²) in [5, 5.41) is 6.83. The third kappa shape index (κ3) is 1.78. The van der Waals surface area contributed by atoms with Crippen LogP contribution in [-0.4, -0.2) is 17.3 Å². The molecular formula is C11H12BrN3O. The lowest BCUT2D eigenvalue weighted by molar-refractivity contribution is 0.412. The molecule has 0 amide bonds. The lowest BCUT2D eigenvalue weighted by atomic mass is 10.1. The summed E-state index contributed by atoms with van der Waals surface area (Å²) in [5.74, 6) is 1.30. The first-order valence-corrected chi connectivity index (χ1v) is 5.57. The number of ether oxygens (including phenoxy) is 1. The van der Waals surface area contributed by atoms with Gasteiger partial charge in [0.15, 0.2) is 5.82 Å². The number of nitrogens with two attached hydrogens (primary N) is 1. The minimum absolute atomic E-state index is 0.509. The van der Waals surface area contributed by atoms with E-state index in [0.717, 1.165) is 27.0 Å². The Morgan fingerprint density at radius 3 is 2.69 bits per heavy atom. The Labute approximate surface area is 102 Å². The lowest BCUT2D eigenvalue weighted by Crippen LogP contribution is -1.90. The molecule has 0 fully saturated rings. The SMILES string of the molecule is COc1ccc(-c2c(N)n[nH]c2C)cc1Br. The third-order valence-electron chi connectivity index (χ3n) is 2.42. The van der Waals surface area contributed by atoms with Gasteiger partial charge in [-0.2, -0.15) is 5.10 Å². The van der Waals surface area contributed by atoms with E-state index in [1.54, 1.807) is 7.11 Å². The number of nitrogens with one attached hydrogen (secondary N) is 1. The average Bonchev–Trinajstić information content (AvgIpc) is 2.58. The van der Waals surface area contributed by atoms with Crippen molar-refractivity contribution in [3.05, 3.63) is 28.4 Å². The van der Waals surface area contributed by atoms with E-state index in [1.165, 1.54) is 0 Å². The van der Waals surface area contributed by atoms with Crippen molar-refractivity contribution in [2.45, 2.75) is 6.92 Å². The van der Waals surface area contributed by atoms with Crippen molar-refractivity contribution < 1.29 is 4.74 Å². The number of H-pyrrole nitrogens is 1. The number of anilines is 1. The number of benzene rings is 1. The Balaban J connectivity index is 2.53. The summed E-state index contributed by atoms with van der Waals surface area (Å²) < 4.78 is 6.07. The Morgan fingerprint density at radius 2 is 2.19 bits per heavy atom. The number of nitrogen functional groups attached to an aromatic ring is 1. The molecule has 0 radical (unpaired) electrons. The summed E-state index contributed by atoms with van der Waals surface area (Å²) in [7, 11) is 1.64. The van der Waals surface area contributed by atoms with Gasteiger partial charge in [-0.1, -0.05) is 6.07 Å². The van der Waals surface area contributed by atoms with Gasteiger partial charge in [0.05, 0.1) is 11.6 Å². The highest BCUT2D eigenvalue weighted by Gasteiger charge is 2.11. The fourth-order valence-corrected chi connectivity index (χ4v) is 2.17. The average molecular weight is 282 g/mol. The van der Waals surface area contributed by atoms with Gasteiger partial charge in [0.1, 0.15) is 5.75 Å². The first kappa shape index (κ1) is 11.0. The minimum Gasteiger partial charge on any atom is -0.496 e. The number of aromatic amines is 1. The van der Waals surface area contributed by atoms with Crippen LogP contribution < -0.4 is 10.5 Å². The normalized spacial score (nSPS) is 10.4. The van der Waals surface area contributed by atoms with Gasteiger partial charge in [-0.15, -0.1) is 0 Å². The second kappa shape index (κ2) is 4.17. The highest BCUT2D eigenvalue weighted by Crippen LogP contribution is 2.33. The first-order valence-electron chi connectivity index (χ1n) is 4.78. The van der Waals surface area contributed by atoms with Crippen molar-refractivity contribution in [3.63, 3.8) is 0 Å². The molecule has 16 heavy (non-hydrogen) atoms. The molecular weight excluding hydrogens is 270 g/mol. The highest BCUT2D eigenvalue weighted by atomic mass is 79.9. The van der Waals surface area contributed by atoms with Crippen LogP contribution in [0.2, 0.25) is 0 Å². The number of hydrogen-bond acceptors (Lipinski definition) is 3. The van der Waals surface area contributed by atoms with Crippen molar-refractivity contribution in [3.8, 4) is 16.9 Å². The summed E-state index contributed by atoms with van der Waals surface area (Å²) in [4.78, 5) is 0. The summed E-state index contributed by atoms with van der Waals surface area (Å²) in [6, 6.07) is 5.82. The Bertz CT molecular complexity index is 502. The zero-order valence-corrected chi connectivity index (χ0v) is 10.6. The number of aromatic nitrogens is 2. The second-order valence-corrected chi connectivity index (χ2v) is 4.31. The topological polar surface area (TPSA) is 63.9 Å². The summed E-state index contributed by atoms with van der Waals surface area (Å²) in [6.07, 6.45) is 0. The smallest absolute Gasteiger partial charge is 0.153 e. The van der Waals surface area contributed by atoms with E-state index in [1.807, 2.05) is 25.1 Å². The summed E-state index contributed by atoms with van der Waals surface area (Å²) in [6.45, 7) is 1.94. The highest BCUT2D eigenvalue weighted by molar-refractivity contribution is 9.10. The Morgan fingerprint density at radius 1 is 1.44 bits per heavy atom. The molecule has 2 aromatic rings. The van der Waals surface area contributed by atoms with E-state index < -0.39 is 0 Å². The number of rotatable bonds is 2. The summed E-state index contributed by atoms with van der Waals surface area (Å²) in [5.41, 5.74) is 8.70. The van der Waals surface area contributed by atoms with Crippen LogP contribution in [-0.2, 0) is 0 Å². The van der Waals surface area contributed by atoms with Gasteiger partial charge in [0.25, 0.3) is 0 Å². The van der Waals surface area contributed by atoms with Crippen LogP contribution in [0.5, 0.6) is 5.75 Å². The first-order chi connectivity index (χ1) is 7.63. The van der Waals surface area contributed by atoms with E-state index in [2.05, 4.69) is 26.1 Å². The van der Waals surface area contributed by atoms with Gasteiger partial charge in [-0.05, 0) is 40.5 Å². The van der Waals surface area contributed by atoms with Crippen LogP contribution in [0.1, 0.15) is 5.69 Å². The molecule has 0 aliphatic rings. The standard InChI is InChI=1S/C11H12BrN3O/c1-6-10(11(13)15-14-6)7-3-4-9(16-2)8(12)5-7/h3-5H,1-2H3,(H3,13,14,15). The molecule has 0 aliphatic heterocycles. The van der Waals surface area contributed by atoms with E-state index in [0.29, 0.717) is 5.82 Å². The number of halogens is 1. The fourth-order valence-electron chi connectivity index (χ4n) is 1.63. The number of hydrogen-bond donors (Lipinski definition) is 2. The number of methoxy groups -OCH3 is 1. The fraction of sp³-hybridized carbons (Fsp3) is 0.182. The monoisotopic (exact) mass is 281 g/mol. The molecule has 5 heteroatoms. The number of nitrogens with zero attached hydrogens (tertiary/aromatic N) is 1. The van der Waals surface area contributed by atoms with Crippen LogP contribution in [0.4, 0.5) is 5.82 Å². The van der Waals surface area contributed by atoms with E-state index >= 15 is 0 Å². The predicted molar refractivity (Wildman–Crippen MR) is 67.4 cm³/mol. The predicted octanol–water partition coefficient (Wildman–Crippen LogP) is 2.74. The van der Waals surface area contributed by atoms with E-state index in [9.17, 15) is 0 Å². The molecule has 3 N–H and O–H groups in total. The van der Waals surface area contributed by atoms with E-state index in [-0.39, 0.29) is 0 Å². The molecule has 4 nitrogen and oxygen atoms in total. The molecule has 1 heterocycles. The second-order valence-electron chi connectivity index (χ2n) is 3.46.